The Kier molecular flexibility index (Phi) is 2.63. The Morgan fingerprint density at radius 1 is 1.71 bits per heavy atom. The minimum atomic E-state index is 0.0505. The van der Waals surface area contributed by atoms with Crippen molar-refractivity contribution in [2.75, 3.05) is 26.0 Å². The number of methoxy groups -OCH3 is 1. The summed E-state index contributed by atoms with van der Waals surface area (Å²) in [5.41, 5.74) is 0.575. The molecular formula is C11H15N3O2S. The molecule has 1 spiro atoms. The van der Waals surface area contributed by atoms with Crippen LogP contribution in [0.5, 0.6) is 0 Å². The number of hydrogen-bond acceptors (Lipinski definition) is 4. The first-order chi connectivity index (χ1) is 8.22. The van der Waals surface area contributed by atoms with Gasteiger partial charge in [-0.2, -0.15) is 5.10 Å². The second kappa shape index (κ2) is 4.03. The van der Waals surface area contributed by atoms with E-state index in [0.29, 0.717) is 11.8 Å². The van der Waals surface area contributed by atoms with E-state index in [1.807, 2.05) is 16.7 Å². The van der Waals surface area contributed by atoms with Crippen molar-refractivity contribution in [3.05, 3.63) is 18.0 Å². The molecule has 92 valence electrons. The van der Waals surface area contributed by atoms with Gasteiger partial charge >= 0.3 is 0 Å². The fourth-order valence-electron chi connectivity index (χ4n) is 2.51. The van der Waals surface area contributed by atoms with Crippen molar-refractivity contribution in [1.29, 1.82) is 0 Å². The zero-order chi connectivity index (χ0) is 11.9. The Bertz CT molecular complexity index is 414. The first kappa shape index (κ1) is 11.1. The van der Waals surface area contributed by atoms with Crippen molar-refractivity contribution in [1.82, 2.24) is 15.1 Å². The molecule has 2 aliphatic heterocycles. The maximum atomic E-state index is 12.0. The molecule has 0 unspecified atom stereocenters. The Morgan fingerprint density at radius 2 is 2.53 bits per heavy atom. The Labute approximate surface area is 104 Å². The predicted octanol–water partition coefficient (Wildman–Crippen LogP) is 0.756. The molecular weight excluding hydrogens is 238 g/mol. The van der Waals surface area contributed by atoms with Gasteiger partial charge in [0.15, 0.2) is 0 Å². The minimum Gasteiger partial charge on any atom is -0.381 e. The van der Waals surface area contributed by atoms with Gasteiger partial charge in [-0.25, -0.2) is 0 Å². The number of likely N-dealkylation sites (tertiary alicyclic amines) is 1. The van der Waals surface area contributed by atoms with Gasteiger partial charge < -0.3 is 9.64 Å². The molecule has 5 nitrogen and oxygen atoms in total. The summed E-state index contributed by atoms with van der Waals surface area (Å²) < 4.78 is 5.62. The second-order valence-corrected chi connectivity index (χ2v) is 6.18. The van der Waals surface area contributed by atoms with Crippen LogP contribution in [0.15, 0.2) is 12.3 Å². The van der Waals surface area contributed by atoms with Gasteiger partial charge in [0.1, 0.15) is 5.69 Å². The highest BCUT2D eigenvalue weighted by Crippen LogP contribution is 2.46. The normalized spacial score (nSPS) is 26.2. The van der Waals surface area contributed by atoms with Crippen LogP contribution >= 0.6 is 11.8 Å². The molecule has 0 radical (unpaired) electrons. The summed E-state index contributed by atoms with van der Waals surface area (Å²) in [7, 11) is 1.76. The summed E-state index contributed by atoms with van der Waals surface area (Å²) in [6.07, 6.45) is 3.01. The number of amides is 1. The van der Waals surface area contributed by atoms with Crippen molar-refractivity contribution in [2.24, 2.45) is 0 Å². The summed E-state index contributed by atoms with van der Waals surface area (Å²) in [5, 5.41) is 6.51. The fourth-order valence-corrected chi connectivity index (χ4v) is 4.10. The molecule has 1 amide bonds. The van der Waals surface area contributed by atoms with Crippen LogP contribution in [0.25, 0.3) is 0 Å². The van der Waals surface area contributed by atoms with Crippen molar-refractivity contribution < 1.29 is 9.53 Å². The SMILES string of the molecule is CO[C@@H]1CSC2(C1)CN(C(=O)c1ccn[nH]1)C2. The molecule has 2 fully saturated rings. The monoisotopic (exact) mass is 253 g/mol. The fraction of sp³-hybridized carbons (Fsp3) is 0.636. The third-order valence-corrected chi connectivity index (χ3v) is 5.06. The largest absolute Gasteiger partial charge is 0.381 e. The molecule has 1 aromatic heterocycles. The molecule has 0 saturated carbocycles. The number of ether oxygens (including phenoxy) is 1. The zero-order valence-electron chi connectivity index (χ0n) is 9.68. The Balaban J connectivity index is 1.60. The van der Waals surface area contributed by atoms with E-state index in [0.717, 1.165) is 25.3 Å². The van der Waals surface area contributed by atoms with Crippen LogP contribution in [0.4, 0.5) is 0 Å². The number of rotatable bonds is 2. The maximum absolute atomic E-state index is 12.0. The van der Waals surface area contributed by atoms with Gasteiger partial charge in [-0.05, 0) is 12.5 Å². The second-order valence-electron chi connectivity index (χ2n) is 4.69. The molecule has 2 aliphatic rings. The minimum absolute atomic E-state index is 0.0505. The molecule has 17 heavy (non-hydrogen) atoms. The van der Waals surface area contributed by atoms with E-state index in [1.54, 1.807) is 19.4 Å². The average molecular weight is 253 g/mol. The molecule has 3 heterocycles. The number of carbonyl (C=O) groups is 1. The van der Waals surface area contributed by atoms with Crippen molar-refractivity contribution in [2.45, 2.75) is 17.3 Å². The van der Waals surface area contributed by atoms with E-state index < -0.39 is 0 Å². The number of thioether (sulfide) groups is 1. The van der Waals surface area contributed by atoms with Crippen LogP contribution in [0.1, 0.15) is 16.9 Å². The highest BCUT2D eigenvalue weighted by molar-refractivity contribution is 8.01. The summed E-state index contributed by atoms with van der Waals surface area (Å²) in [6.45, 7) is 1.66. The van der Waals surface area contributed by atoms with Crippen molar-refractivity contribution in [3.8, 4) is 0 Å². The van der Waals surface area contributed by atoms with Crippen molar-refractivity contribution >= 4 is 17.7 Å². The van der Waals surface area contributed by atoms with Gasteiger partial charge in [0.25, 0.3) is 5.91 Å². The molecule has 0 aromatic carbocycles. The summed E-state index contributed by atoms with van der Waals surface area (Å²) in [6, 6.07) is 1.72. The number of aromatic nitrogens is 2. The van der Waals surface area contributed by atoms with Crippen LogP contribution in [-0.2, 0) is 4.74 Å². The molecule has 6 heteroatoms. The highest BCUT2D eigenvalue weighted by Gasteiger charge is 2.50. The van der Waals surface area contributed by atoms with Crippen LogP contribution in [0.2, 0.25) is 0 Å². The van der Waals surface area contributed by atoms with Gasteiger partial charge in [0.2, 0.25) is 0 Å². The van der Waals surface area contributed by atoms with Gasteiger partial charge in [-0.15, -0.1) is 11.8 Å². The van der Waals surface area contributed by atoms with Crippen molar-refractivity contribution in [3.63, 3.8) is 0 Å². The lowest BCUT2D eigenvalue weighted by molar-refractivity contribution is 0.0447. The van der Waals surface area contributed by atoms with E-state index >= 15 is 0 Å². The summed E-state index contributed by atoms with van der Waals surface area (Å²) in [5.74, 6) is 1.09. The lowest BCUT2D eigenvalue weighted by Gasteiger charge is -2.47. The molecule has 0 bridgehead atoms. The van der Waals surface area contributed by atoms with Gasteiger partial charge in [-0.3, -0.25) is 9.89 Å². The van der Waals surface area contributed by atoms with E-state index in [1.165, 1.54) is 0 Å². The molecule has 2 saturated heterocycles. The van der Waals surface area contributed by atoms with Crippen LogP contribution in [0, 0.1) is 0 Å². The third-order valence-electron chi connectivity index (χ3n) is 3.48. The summed E-state index contributed by atoms with van der Waals surface area (Å²) in [4.78, 5) is 13.9. The van der Waals surface area contributed by atoms with Gasteiger partial charge in [-0.1, -0.05) is 0 Å². The molecule has 1 atom stereocenters. The first-order valence-electron chi connectivity index (χ1n) is 5.68. The summed E-state index contributed by atoms with van der Waals surface area (Å²) >= 11 is 1.94. The lowest BCUT2D eigenvalue weighted by atomic mass is 9.92. The lowest BCUT2D eigenvalue weighted by Crippen LogP contribution is -2.60. The van der Waals surface area contributed by atoms with Gasteiger partial charge in [0, 0.05) is 32.1 Å². The van der Waals surface area contributed by atoms with Crippen LogP contribution < -0.4 is 0 Å². The first-order valence-corrected chi connectivity index (χ1v) is 6.66. The number of H-pyrrole nitrogens is 1. The van der Waals surface area contributed by atoms with Gasteiger partial charge in [0.05, 0.1) is 10.9 Å². The molecule has 1 aromatic rings. The number of nitrogens with zero attached hydrogens (tertiary/aromatic N) is 2. The number of aromatic amines is 1. The van der Waals surface area contributed by atoms with E-state index in [9.17, 15) is 4.79 Å². The van der Waals surface area contributed by atoms with Crippen LogP contribution in [0.3, 0.4) is 0 Å². The highest BCUT2D eigenvalue weighted by atomic mass is 32.2. The van der Waals surface area contributed by atoms with E-state index in [4.69, 9.17) is 4.74 Å². The third kappa shape index (κ3) is 1.85. The Morgan fingerprint density at radius 3 is 3.12 bits per heavy atom. The quantitative estimate of drug-likeness (QED) is 0.845. The Hall–Kier alpha value is -1.01. The standard InChI is InChI=1S/C11H15N3O2S/c1-16-8-4-11(17-5-8)6-14(7-11)10(15)9-2-3-12-13-9/h2-3,8H,4-7H2,1H3,(H,12,13)/t8-/m0/s1. The molecule has 1 N–H and O–H groups in total. The molecule has 0 aliphatic carbocycles. The van der Waals surface area contributed by atoms with E-state index in [2.05, 4.69) is 10.2 Å². The average Bonchev–Trinajstić information content (AvgIpc) is 2.95. The van der Waals surface area contributed by atoms with Crippen LogP contribution in [-0.4, -0.2) is 57.8 Å². The zero-order valence-corrected chi connectivity index (χ0v) is 10.5. The molecule has 3 rings (SSSR count). The predicted molar refractivity (Wildman–Crippen MR) is 65.1 cm³/mol. The number of hydrogen-bond donors (Lipinski definition) is 1. The topological polar surface area (TPSA) is 58.2 Å². The van der Waals surface area contributed by atoms with E-state index in [-0.39, 0.29) is 10.7 Å². The maximum Gasteiger partial charge on any atom is 0.271 e. The smallest absolute Gasteiger partial charge is 0.271 e. The number of carbonyl (C=O) groups excluding carboxylic acids is 1. The number of nitrogens with one attached hydrogen (secondary N) is 1.